The van der Waals surface area contributed by atoms with Crippen molar-refractivity contribution in [1.29, 1.82) is 0 Å². The second kappa shape index (κ2) is 9.22. The lowest BCUT2D eigenvalue weighted by molar-refractivity contribution is -0.122. The molecule has 0 saturated carbocycles. The van der Waals surface area contributed by atoms with Gasteiger partial charge in [0, 0.05) is 38.4 Å². The topological polar surface area (TPSA) is 64.7 Å². The first-order valence-corrected chi connectivity index (χ1v) is 8.79. The summed E-state index contributed by atoms with van der Waals surface area (Å²) in [5, 5.41) is 5.83. The van der Waals surface area contributed by atoms with Gasteiger partial charge in [-0.15, -0.1) is 6.58 Å². The summed E-state index contributed by atoms with van der Waals surface area (Å²) in [4.78, 5) is 28.2. The molecule has 1 aromatic carbocycles. The molecule has 3 amide bonds. The van der Waals surface area contributed by atoms with Crippen molar-refractivity contribution < 1.29 is 9.59 Å². The molecule has 2 rings (SSSR count). The molecule has 1 fully saturated rings. The Bertz CT molecular complexity index is 622. The number of carbonyl (C=O) groups excluding carboxylic acids is 2. The van der Waals surface area contributed by atoms with Crippen LogP contribution >= 0.6 is 0 Å². The summed E-state index contributed by atoms with van der Waals surface area (Å²) in [5.41, 5.74) is 3.14. The van der Waals surface area contributed by atoms with Crippen molar-refractivity contribution in [3.05, 3.63) is 42.0 Å². The third-order valence-corrected chi connectivity index (χ3v) is 4.44. The number of anilines is 1. The number of nitrogens with one attached hydrogen (secondary N) is 2. The second-order valence-electron chi connectivity index (χ2n) is 6.25. The molecule has 2 N–H and O–H groups in total. The molecule has 0 atom stereocenters. The van der Waals surface area contributed by atoms with Crippen LogP contribution in [0.4, 0.5) is 10.5 Å². The summed E-state index contributed by atoms with van der Waals surface area (Å²) in [6.07, 6.45) is 2.54. The standard InChI is InChI=1S/C19H28N4O2/c1-4-9-20-17(24)14-22-10-12-23(13-11-22)19(25)21-18-15(3)7-6-8-16(18)5-2/h4,6-8H,1,5,9-14H2,2-3H3,(H,20,24)(H,21,25). The predicted molar refractivity (Wildman–Crippen MR) is 101 cm³/mol. The Labute approximate surface area is 149 Å². The number of amides is 3. The van der Waals surface area contributed by atoms with Gasteiger partial charge in [0.15, 0.2) is 0 Å². The van der Waals surface area contributed by atoms with Crippen molar-refractivity contribution in [1.82, 2.24) is 15.1 Å². The van der Waals surface area contributed by atoms with E-state index in [1.165, 1.54) is 0 Å². The Hall–Kier alpha value is -2.34. The normalized spacial score (nSPS) is 14.9. The number of benzene rings is 1. The van der Waals surface area contributed by atoms with Crippen LogP contribution in [0.2, 0.25) is 0 Å². The Morgan fingerprint density at radius 2 is 1.96 bits per heavy atom. The van der Waals surface area contributed by atoms with Gasteiger partial charge in [0.2, 0.25) is 5.91 Å². The molecule has 1 saturated heterocycles. The Kier molecular flexibility index (Phi) is 7.01. The first-order valence-electron chi connectivity index (χ1n) is 8.79. The van der Waals surface area contributed by atoms with Crippen LogP contribution in [0.5, 0.6) is 0 Å². The zero-order valence-electron chi connectivity index (χ0n) is 15.2. The van der Waals surface area contributed by atoms with Gasteiger partial charge >= 0.3 is 6.03 Å². The van der Waals surface area contributed by atoms with Gasteiger partial charge in [0.1, 0.15) is 0 Å². The Morgan fingerprint density at radius 3 is 2.60 bits per heavy atom. The molecule has 136 valence electrons. The van der Waals surface area contributed by atoms with Crippen molar-refractivity contribution in [3.63, 3.8) is 0 Å². The van der Waals surface area contributed by atoms with Crippen molar-refractivity contribution in [3.8, 4) is 0 Å². The van der Waals surface area contributed by atoms with Crippen LogP contribution in [0.15, 0.2) is 30.9 Å². The van der Waals surface area contributed by atoms with Gasteiger partial charge in [0.25, 0.3) is 0 Å². The lowest BCUT2D eigenvalue weighted by atomic mass is 10.1. The second-order valence-corrected chi connectivity index (χ2v) is 6.25. The fourth-order valence-corrected chi connectivity index (χ4v) is 2.94. The van der Waals surface area contributed by atoms with E-state index in [1.807, 2.05) is 30.0 Å². The number of hydrogen-bond acceptors (Lipinski definition) is 3. The maximum Gasteiger partial charge on any atom is 0.321 e. The number of piperazine rings is 1. The van der Waals surface area contributed by atoms with Crippen molar-refractivity contribution in [2.75, 3.05) is 44.6 Å². The number of para-hydroxylation sites is 1. The van der Waals surface area contributed by atoms with Crippen LogP contribution < -0.4 is 10.6 Å². The SMILES string of the molecule is C=CCNC(=O)CN1CCN(C(=O)Nc2c(C)cccc2CC)CC1. The highest BCUT2D eigenvalue weighted by Gasteiger charge is 2.23. The van der Waals surface area contributed by atoms with Crippen LogP contribution in [-0.2, 0) is 11.2 Å². The van der Waals surface area contributed by atoms with Crippen molar-refractivity contribution in [2.45, 2.75) is 20.3 Å². The lowest BCUT2D eigenvalue weighted by Gasteiger charge is -2.34. The zero-order valence-corrected chi connectivity index (χ0v) is 15.2. The third kappa shape index (κ3) is 5.32. The molecule has 6 heteroatoms. The minimum Gasteiger partial charge on any atom is -0.352 e. The van der Waals surface area contributed by atoms with Gasteiger partial charge in [-0.2, -0.15) is 0 Å². The number of rotatable bonds is 6. The third-order valence-electron chi connectivity index (χ3n) is 4.44. The fourth-order valence-electron chi connectivity index (χ4n) is 2.94. The molecule has 1 aliphatic rings. The highest BCUT2D eigenvalue weighted by Crippen LogP contribution is 2.21. The first kappa shape index (κ1) is 19.0. The van der Waals surface area contributed by atoms with Gasteiger partial charge in [-0.05, 0) is 24.5 Å². The largest absolute Gasteiger partial charge is 0.352 e. The molecular formula is C19H28N4O2. The molecule has 1 aliphatic heterocycles. The van der Waals surface area contributed by atoms with Gasteiger partial charge in [-0.3, -0.25) is 9.69 Å². The molecule has 1 heterocycles. The fraction of sp³-hybridized carbons (Fsp3) is 0.474. The van der Waals surface area contributed by atoms with Crippen LogP contribution in [-0.4, -0.2) is 61.0 Å². The average Bonchev–Trinajstić information content (AvgIpc) is 2.62. The summed E-state index contributed by atoms with van der Waals surface area (Å²) < 4.78 is 0. The molecule has 0 radical (unpaired) electrons. The van der Waals surface area contributed by atoms with E-state index in [0.717, 1.165) is 23.2 Å². The smallest absolute Gasteiger partial charge is 0.321 e. The van der Waals surface area contributed by atoms with E-state index in [4.69, 9.17) is 0 Å². The number of nitrogens with zero attached hydrogens (tertiary/aromatic N) is 2. The number of carbonyl (C=O) groups is 2. The molecule has 0 unspecified atom stereocenters. The summed E-state index contributed by atoms with van der Waals surface area (Å²) in [5.74, 6) is -0.00898. The maximum absolute atomic E-state index is 12.6. The summed E-state index contributed by atoms with van der Waals surface area (Å²) >= 11 is 0. The van der Waals surface area contributed by atoms with Crippen LogP contribution in [0, 0.1) is 6.92 Å². The number of aryl methyl sites for hydroxylation is 2. The van der Waals surface area contributed by atoms with Gasteiger partial charge in [-0.1, -0.05) is 31.2 Å². The number of hydrogen-bond donors (Lipinski definition) is 2. The van der Waals surface area contributed by atoms with Crippen molar-refractivity contribution >= 4 is 17.6 Å². The van der Waals surface area contributed by atoms with E-state index in [-0.39, 0.29) is 11.9 Å². The van der Waals surface area contributed by atoms with E-state index >= 15 is 0 Å². The van der Waals surface area contributed by atoms with E-state index in [2.05, 4.69) is 29.0 Å². The van der Waals surface area contributed by atoms with Crippen LogP contribution in [0.25, 0.3) is 0 Å². The Morgan fingerprint density at radius 1 is 1.24 bits per heavy atom. The van der Waals surface area contributed by atoms with E-state index < -0.39 is 0 Å². The molecule has 0 aromatic heterocycles. The van der Waals surface area contributed by atoms with Gasteiger partial charge < -0.3 is 15.5 Å². The Balaban J connectivity index is 1.85. The van der Waals surface area contributed by atoms with Gasteiger partial charge in [-0.25, -0.2) is 4.79 Å². The quantitative estimate of drug-likeness (QED) is 0.776. The van der Waals surface area contributed by atoms with Crippen LogP contribution in [0.1, 0.15) is 18.1 Å². The maximum atomic E-state index is 12.6. The molecule has 6 nitrogen and oxygen atoms in total. The first-order chi connectivity index (χ1) is 12.0. The van der Waals surface area contributed by atoms with E-state index in [0.29, 0.717) is 39.3 Å². The molecule has 0 aliphatic carbocycles. The van der Waals surface area contributed by atoms with Crippen molar-refractivity contribution in [2.24, 2.45) is 0 Å². The lowest BCUT2D eigenvalue weighted by Crippen LogP contribution is -2.52. The number of urea groups is 1. The molecule has 0 spiro atoms. The minimum atomic E-state index is -0.0697. The van der Waals surface area contributed by atoms with Gasteiger partial charge in [0.05, 0.1) is 6.54 Å². The minimum absolute atomic E-state index is 0.00898. The summed E-state index contributed by atoms with van der Waals surface area (Å²) in [6.45, 7) is 11.2. The molecular weight excluding hydrogens is 316 g/mol. The molecule has 25 heavy (non-hydrogen) atoms. The summed E-state index contributed by atoms with van der Waals surface area (Å²) in [6, 6.07) is 6.00. The molecule has 0 bridgehead atoms. The highest BCUT2D eigenvalue weighted by atomic mass is 16.2. The molecule has 1 aromatic rings. The highest BCUT2D eigenvalue weighted by molar-refractivity contribution is 5.91. The van der Waals surface area contributed by atoms with E-state index in [1.54, 1.807) is 6.08 Å². The van der Waals surface area contributed by atoms with Crippen LogP contribution in [0.3, 0.4) is 0 Å². The average molecular weight is 344 g/mol. The van der Waals surface area contributed by atoms with E-state index in [9.17, 15) is 9.59 Å². The zero-order chi connectivity index (χ0) is 18.2. The monoisotopic (exact) mass is 344 g/mol. The summed E-state index contributed by atoms with van der Waals surface area (Å²) in [7, 11) is 0. The predicted octanol–water partition coefficient (Wildman–Crippen LogP) is 2.01.